The van der Waals surface area contributed by atoms with Crippen LogP contribution in [0.3, 0.4) is 0 Å². The highest BCUT2D eigenvalue weighted by atomic mass is 32.2. The first-order valence-corrected chi connectivity index (χ1v) is 10.6. The molecule has 29 heavy (non-hydrogen) atoms. The number of thioether (sulfide) groups is 1. The maximum Gasteiger partial charge on any atom is 0.331 e. The zero-order valence-corrected chi connectivity index (χ0v) is 17.3. The van der Waals surface area contributed by atoms with Gasteiger partial charge in [0.15, 0.2) is 0 Å². The fraction of sp³-hybridized carbons (Fsp3) is 0.273. The summed E-state index contributed by atoms with van der Waals surface area (Å²) in [4.78, 5) is 26.0. The van der Waals surface area contributed by atoms with Gasteiger partial charge in [-0.15, -0.1) is 11.8 Å². The van der Waals surface area contributed by atoms with Crippen molar-refractivity contribution in [1.82, 2.24) is 13.7 Å². The molecule has 4 aromatic rings. The number of fused-ring (bicyclic) bond motifs is 3. The number of nitrogens with zero attached hydrogens (tertiary/aromatic N) is 3. The Bertz CT molecular complexity index is 1360. The van der Waals surface area contributed by atoms with Crippen molar-refractivity contribution in [3.05, 3.63) is 80.5 Å². The summed E-state index contributed by atoms with van der Waals surface area (Å²) in [6.45, 7) is 2.70. The summed E-state index contributed by atoms with van der Waals surface area (Å²) >= 11 is 1.78. The molecule has 0 saturated heterocycles. The van der Waals surface area contributed by atoms with E-state index in [0.29, 0.717) is 10.9 Å². The van der Waals surface area contributed by atoms with E-state index in [2.05, 4.69) is 4.57 Å². The highest BCUT2D eigenvalue weighted by Crippen LogP contribution is 2.46. The predicted octanol–water partition coefficient (Wildman–Crippen LogP) is 3.44. The number of aryl methyl sites for hydroxylation is 2. The highest BCUT2D eigenvalue weighted by molar-refractivity contribution is 7.99. The number of benzene rings is 1. The van der Waals surface area contributed by atoms with Crippen LogP contribution in [0.2, 0.25) is 0 Å². The Kier molecular flexibility index (Phi) is 4.10. The van der Waals surface area contributed by atoms with E-state index in [1.165, 1.54) is 11.6 Å². The zero-order valence-electron chi connectivity index (χ0n) is 16.5. The van der Waals surface area contributed by atoms with Crippen LogP contribution in [0.1, 0.15) is 22.5 Å². The Morgan fingerprint density at radius 1 is 1.03 bits per heavy atom. The molecular formula is C22H21N3O3S. The normalized spacial score (nSPS) is 16.3. The molecule has 1 unspecified atom stereocenters. The van der Waals surface area contributed by atoms with Gasteiger partial charge in [0.25, 0.3) is 5.56 Å². The van der Waals surface area contributed by atoms with Gasteiger partial charge in [-0.05, 0) is 24.6 Å². The van der Waals surface area contributed by atoms with Gasteiger partial charge in [0.1, 0.15) is 16.8 Å². The first kappa shape index (κ1) is 18.1. The molecule has 0 saturated carbocycles. The smallest absolute Gasteiger partial charge is 0.331 e. The highest BCUT2D eigenvalue weighted by Gasteiger charge is 2.34. The second-order valence-corrected chi connectivity index (χ2v) is 8.59. The molecular weight excluding hydrogens is 386 g/mol. The van der Waals surface area contributed by atoms with Gasteiger partial charge in [0.2, 0.25) is 0 Å². The minimum absolute atomic E-state index is 0.0740. The van der Waals surface area contributed by atoms with E-state index in [-0.39, 0.29) is 16.5 Å². The van der Waals surface area contributed by atoms with Gasteiger partial charge in [0.05, 0.1) is 22.3 Å². The summed E-state index contributed by atoms with van der Waals surface area (Å²) in [5.74, 6) is 2.59. The molecule has 148 valence electrons. The molecule has 0 amide bonds. The molecule has 0 N–H and O–H groups in total. The number of aromatic nitrogens is 3. The molecule has 5 rings (SSSR count). The third kappa shape index (κ3) is 2.57. The van der Waals surface area contributed by atoms with Crippen LogP contribution < -0.4 is 11.2 Å². The molecule has 0 radical (unpaired) electrons. The van der Waals surface area contributed by atoms with E-state index >= 15 is 0 Å². The van der Waals surface area contributed by atoms with E-state index in [4.69, 9.17) is 4.42 Å². The van der Waals surface area contributed by atoms with Crippen molar-refractivity contribution in [2.45, 2.75) is 18.7 Å². The molecule has 0 fully saturated rings. The summed E-state index contributed by atoms with van der Waals surface area (Å²) < 4.78 is 11.0. The maximum atomic E-state index is 13.3. The lowest BCUT2D eigenvalue weighted by atomic mass is 10.1. The van der Waals surface area contributed by atoms with Crippen LogP contribution in [0.15, 0.2) is 56.5 Å². The lowest BCUT2D eigenvalue weighted by Gasteiger charge is -2.25. The lowest BCUT2D eigenvalue weighted by molar-refractivity contribution is 0.484. The second-order valence-electron chi connectivity index (χ2n) is 7.38. The molecule has 0 aliphatic carbocycles. The molecule has 3 aromatic heterocycles. The van der Waals surface area contributed by atoms with Crippen LogP contribution in [0, 0.1) is 6.92 Å². The van der Waals surface area contributed by atoms with Crippen molar-refractivity contribution in [2.75, 3.05) is 5.75 Å². The van der Waals surface area contributed by atoms with Crippen molar-refractivity contribution in [1.29, 1.82) is 0 Å². The number of rotatable bonds is 2. The summed E-state index contributed by atoms with van der Waals surface area (Å²) in [6, 6.07) is 13.9. The minimum Gasteiger partial charge on any atom is -0.465 e. The average molecular weight is 407 g/mol. The summed E-state index contributed by atoms with van der Waals surface area (Å²) in [6.07, 6.45) is 0. The van der Waals surface area contributed by atoms with Gasteiger partial charge in [-0.3, -0.25) is 13.9 Å². The van der Waals surface area contributed by atoms with Gasteiger partial charge in [-0.1, -0.05) is 30.3 Å². The quantitative estimate of drug-likeness (QED) is 0.511. The van der Waals surface area contributed by atoms with Crippen molar-refractivity contribution in [3.63, 3.8) is 0 Å². The topological polar surface area (TPSA) is 62.1 Å². The Morgan fingerprint density at radius 2 is 1.79 bits per heavy atom. The molecule has 7 heteroatoms. The van der Waals surface area contributed by atoms with Crippen LogP contribution in [-0.2, 0) is 20.6 Å². The van der Waals surface area contributed by atoms with Crippen LogP contribution in [0.25, 0.3) is 22.2 Å². The molecule has 1 atom stereocenters. The molecule has 6 nitrogen and oxygen atoms in total. The largest absolute Gasteiger partial charge is 0.465 e. The molecule has 1 aromatic carbocycles. The van der Waals surface area contributed by atoms with E-state index in [0.717, 1.165) is 40.8 Å². The van der Waals surface area contributed by atoms with Gasteiger partial charge in [0, 0.05) is 26.4 Å². The lowest BCUT2D eigenvalue weighted by Crippen LogP contribution is -2.37. The second kappa shape index (κ2) is 6.56. The first-order valence-electron chi connectivity index (χ1n) is 9.54. The van der Waals surface area contributed by atoms with Crippen molar-refractivity contribution < 1.29 is 4.42 Å². The SMILES string of the molecule is Cc1ccc(C2SCCn3c(-c4ccccc4)c4c(=O)n(C)c(=O)n(C)c4c32)o1. The minimum atomic E-state index is -0.319. The van der Waals surface area contributed by atoms with Crippen LogP contribution >= 0.6 is 11.8 Å². The maximum absolute atomic E-state index is 13.3. The standard InChI is InChI=1S/C22H21N3O3S/c1-13-9-10-15(28-13)20-19-18-16(21(26)24(3)22(27)23(18)2)17(25(19)11-12-29-20)14-7-5-4-6-8-14/h4-10,20H,11-12H2,1-3H3. The monoisotopic (exact) mass is 407 g/mol. The van der Waals surface area contributed by atoms with Crippen LogP contribution in [0.5, 0.6) is 0 Å². The molecule has 0 bridgehead atoms. The number of furan rings is 1. The van der Waals surface area contributed by atoms with E-state index in [1.807, 2.05) is 49.4 Å². The number of hydrogen-bond acceptors (Lipinski definition) is 4. The average Bonchev–Trinajstić information content (AvgIpc) is 3.32. The Labute approximate surface area is 171 Å². The molecule has 1 aliphatic rings. The van der Waals surface area contributed by atoms with Crippen LogP contribution in [-0.4, -0.2) is 19.5 Å². The molecule has 0 spiro atoms. The van der Waals surface area contributed by atoms with Crippen molar-refractivity contribution in [2.24, 2.45) is 14.1 Å². The first-order chi connectivity index (χ1) is 14.0. The molecule has 4 heterocycles. The van der Waals surface area contributed by atoms with E-state index in [9.17, 15) is 9.59 Å². The van der Waals surface area contributed by atoms with E-state index < -0.39 is 0 Å². The summed E-state index contributed by atoms with van der Waals surface area (Å²) in [7, 11) is 3.28. The zero-order chi connectivity index (χ0) is 20.3. The Balaban J connectivity index is 1.97. The van der Waals surface area contributed by atoms with Gasteiger partial charge in [-0.2, -0.15) is 0 Å². The van der Waals surface area contributed by atoms with Crippen molar-refractivity contribution in [3.8, 4) is 11.3 Å². The van der Waals surface area contributed by atoms with Crippen molar-refractivity contribution >= 4 is 22.7 Å². The van der Waals surface area contributed by atoms with E-state index in [1.54, 1.807) is 23.4 Å². The molecule has 1 aliphatic heterocycles. The van der Waals surface area contributed by atoms with Gasteiger partial charge < -0.3 is 8.98 Å². The third-order valence-electron chi connectivity index (χ3n) is 5.62. The summed E-state index contributed by atoms with van der Waals surface area (Å²) in [5, 5.41) is 0.515. The summed E-state index contributed by atoms with van der Waals surface area (Å²) in [5.41, 5.74) is 2.93. The Hall–Kier alpha value is -2.93. The fourth-order valence-electron chi connectivity index (χ4n) is 4.29. The third-order valence-corrected chi connectivity index (χ3v) is 6.83. The fourth-order valence-corrected chi connectivity index (χ4v) is 5.50. The Morgan fingerprint density at radius 3 is 2.48 bits per heavy atom. The van der Waals surface area contributed by atoms with Crippen LogP contribution in [0.4, 0.5) is 0 Å². The predicted molar refractivity (Wildman–Crippen MR) is 116 cm³/mol. The van der Waals surface area contributed by atoms with Gasteiger partial charge >= 0.3 is 5.69 Å². The van der Waals surface area contributed by atoms with Gasteiger partial charge in [-0.25, -0.2) is 4.79 Å². The number of hydrogen-bond donors (Lipinski definition) is 0.